The van der Waals surface area contributed by atoms with E-state index >= 15 is 0 Å². The summed E-state index contributed by atoms with van der Waals surface area (Å²) in [7, 11) is 0. The first-order chi connectivity index (χ1) is 13.0. The van der Waals surface area contributed by atoms with Crippen molar-refractivity contribution in [3.63, 3.8) is 0 Å². The second-order valence-corrected chi connectivity index (χ2v) is 6.81. The van der Waals surface area contributed by atoms with Crippen LogP contribution in [0, 0.1) is 5.82 Å². The van der Waals surface area contributed by atoms with E-state index < -0.39 is 11.9 Å². The van der Waals surface area contributed by atoms with E-state index in [2.05, 4.69) is 4.98 Å². The van der Waals surface area contributed by atoms with Gasteiger partial charge < -0.3 is 14.6 Å². The first-order valence-electron chi connectivity index (χ1n) is 8.55. The highest BCUT2D eigenvalue weighted by molar-refractivity contribution is 6.31. The van der Waals surface area contributed by atoms with Crippen molar-refractivity contribution < 1.29 is 13.9 Å². The van der Waals surface area contributed by atoms with Crippen LogP contribution in [0.3, 0.4) is 0 Å². The number of benzene rings is 2. The van der Waals surface area contributed by atoms with Crippen molar-refractivity contribution >= 4 is 28.5 Å². The number of nitrogens with zero attached hydrogens (tertiary/aromatic N) is 2. The fourth-order valence-corrected chi connectivity index (χ4v) is 3.61. The molecule has 8 heteroatoms. The van der Waals surface area contributed by atoms with Crippen LogP contribution in [0.4, 0.5) is 4.39 Å². The van der Waals surface area contributed by atoms with Gasteiger partial charge in [0.25, 0.3) is 0 Å². The van der Waals surface area contributed by atoms with Gasteiger partial charge in [-0.15, -0.1) is 0 Å². The molecule has 0 bridgehead atoms. The highest BCUT2D eigenvalue weighted by Crippen LogP contribution is 2.29. The van der Waals surface area contributed by atoms with Gasteiger partial charge in [-0.25, -0.2) is 9.18 Å². The average molecular weight is 390 g/mol. The number of ether oxygens (including phenoxy) is 1. The van der Waals surface area contributed by atoms with Gasteiger partial charge in [0.1, 0.15) is 18.5 Å². The highest BCUT2D eigenvalue weighted by atomic mass is 35.5. The minimum Gasteiger partial charge on any atom is -0.370 e. The fourth-order valence-electron chi connectivity index (χ4n) is 3.33. The molecule has 1 aliphatic heterocycles. The maximum atomic E-state index is 13.3. The van der Waals surface area contributed by atoms with E-state index in [4.69, 9.17) is 16.3 Å². The maximum Gasteiger partial charge on any atom is 0.326 e. The third-order valence-corrected chi connectivity index (χ3v) is 5.03. The molecule has 1 fully saturated rings. The zero-order valence-corrected chi connectivity index (χ0v) is 15.1. The van der Waals surface area contributed by atoms with E-state index in [1.165, 1.54) is 16.7 Å². The van der Waals surface area contributed by atoms with Crippen LogP contribution in [-0.4, -0.2) is 40.1 Å². The summed E-state index contributed by atoms with van der Waals surface area (Å²) in [5, 5.41) is 0.266. The zero-order valence-electron chi connectivity index (χ0n) is 14.3. The Morgan fingerprint density at radius 1 is 1.30 bits per heavy atom. The maximum absolute atomic E-state index is 13.3. The van der Waals surface area contributed by atoms with Crippen molar-refractivity contribution in [2.24, 2.45) is 0 Å². The second kappa shape index (κ2) is 7.17. The minimum atomic E-state index is -0.435. The number of hydrogen-bond donors (Lipinski definition) is 1. The van der Waals surface area contributed by atoms with Crippen molar-refractivity contribution in [2.75, 3.05) is 19.7 Å². The summed E-state index contributed by atoms with van der Waals surface area (Å²) in [6.07, 6.45) is -0.435. The molecule has 1 aromatic heterocycles. The van der Waals surface area contributed by atoms with Crippen LogP contribution in [0.1, 0.15) is 11.7 Å². The molecule has 1 atom stereocenters. The van der Waals surface area contributed by atoms with Crippen LogP contribution in [0.25, 0.3) is 11.0 Å². The van der Waals surface area contributed by atoms with Crippen molar-refractivity contribution in [3.8, 4) is 0 Å². The highest BCUT2D eigenvalue weighted by Gasteiger charge is 2.27. The van der Waals surface area contributed by atoms with Gasteiger partial charge in [0.2, 0.25) is 5.91 Å². The average Bonchev–Trinajstić information content (AvgIpc) is 2.97. The first kappa shape index (κ1) is 17.8. The number of imidazole rings is 1. The molecule has 0 spiro atoms. The molecule has 0 aliphatic carbocycles. The second-order valence-electron chi connectivity index (χ2n) is 6.40. The number of morpholine rings is 1. The van der Waals surface area contributed by atoms with Gasteiger partial charge in [0.15, 0.2) is 0 Å². The monoisotopic (exact) mass is 389 g/mol. The molecule has 6 nitrogen and oxygen atoms in total. The minimum absolute atomic E-state index is 0.0628. The van der Waals surface area contributed by atoms with Gasteiger partial charge in [0, 0.05) is 17.1 Å². The topological polar surface area (TPSA) is 67.3 Å². The number of aromatic amines is 1. The molecule has 0 saturated carbocycles. The number of rotatable bonds is 3. The number of carbonyl (C=O) groups excluding carboxylic acids is 1. The Morgan fingerprint density at radius 3 is 2.93 bits per heavy atom. The summed E-state index contributed by atoms with van der Waals surface area (Å²) in [6, 6.07) is 11.3. The molecule has 2 heterocycles. The number of nitrogens with one attached hydrogen (secondary N) is 1. The Labute approximate surface area is 159 Å². The van der Waals surface area contributed by atoms with Crippen LogP contribution in [0.2, 0.25) is 5.02 Å². The Kier molecular flexibility index (Phi) is 4.72. The largest absolute Gasteiger partial charge is 0.370 e. The summed E-state index contributed by atoms with van der Waals surface area (Å²) in [5.74, 6) is -0.611. The predicted molar refractivity (Wildman–Crippen MR) is 99.2 cm³/mol. The van der Waals surface area contributed by atoms with Gasteiger partial charge in [-0.2, -0.15) is 0 Å². The quantitative estimate of drug-likeness (QED) is 0.749. The lowest BCUT2D eigenvalue weighted by atomic mass is 10.1. The van der Waals surface area contributed by atoms with Gasteiger partial charge in [-0.1, -0.05) is 29.8 Å². The van der Waals surface area contributed by atoms with Gasteiger partial charge in [-0.05, 0) is 24.3 Å². The molecule has 4 rings (SSSR count). The lowest BCUT2D eigenvalue weighted by Crippen LogP contribution is -2.44. The molecule has 1 saturated heterocycles. The SMILES string of the molecule is O=C(Cn1c(=O)[nH]c2ccccc21)N1CCOC(c2ccc(F)cc2Cl)C1. The van der Waals surface area contributed by atoms with E-state index in [1.807, 2.05) is 12.1 Å². The molecule has 1 N–H and O–H groups in total. The summed E-state index contributed by atoms with van der Waals surface area (Å²) < 4.78 is 20.4. The van der Waals surface area contributed by atoms with Gasteiger partial charge in [0.05, 0.1) is 24.2 Å². The third kappa shape index (κ3) is 3.48. The van der Waals surface area contributed by atoms with Crippen LogP contribution in [0.15, 0.2) is 47.3 Å². The third-order valence-electron chi connectivity index (χ3n) is 4.70. The Bertz CT molecular complexity index is 1060. The van der Waals surface area contributed by atoms with Crippen LogP contribution in [-0.2, 0) is 16.1 Å². The normalized spacial score (nSPS) is 17.4. The Morgan fingerprint density at radius 2 is 2.11 bits per heavy atom. The number of carbonyl (C=O) groups is 1. The lowest BCUT2D eigenvalue weighted by molar-refractivity contribution is -0.139. The van der Waals surface area contributed by atoms with Crippen molar-refractivity contribution in [1.29, 1.82) is 0 Å². The summed E-state index contributed by atoms with van der Waals surface area (Å²) in [6.45, 7) is 0.992. The molecule has 1 aliphatic rings. The van der Waals surface area contributed by atoms with Crippen molar-refractivity contribution in [1.82, 2.24) is 14.5 Å². The number of fused-ring (bicyclic) bond motifs is 1. The zero-order chi connectivity index (χ0) is 19.0. The molecular weight excluding hydrogens is 373 g/mol. The standard InChI is InChI=1S/C19H17ClFN3O3/c20-14-9-12(21)5-6-13(14)17-10-23(7-8-27-17)18(25)11-24-16-4-2-1-3-15(16)22-19(24)26/h1-6,9,17H,7-8,10-11H2,(H,22,26). The van der Waals surface area contributed by atoms with Crippen LogP contribution in [0.5, 0.6) is 0 Å². The number of para-hydroxylation sites is 2. The molecule has 27 heavy (non-hydrogen) atoms. The van der Waals surface area contributed by atoms with Crippen molar-refractivity contribution in [3.05, 3.63) is 69.4 Å². The van der Waals surface area contributed by atoms with Crippen LogP contribution < -0.4 is 5.69 Å². The van der Waals surface area contributed by atoms with E-state index in [0.29, 0.717) is 36.3 Å². The summed E-state index contributed by atoms with van der Waals surface area (Å²) >= 11 is 6.12. The number of hydrogen-bond acceptors (Lipinski definition) is 3. The lowest BCUT2D eigenvalue weighted by Gasteiger charge is -2.33. The fraction of sp³-hybridized carbons (Fsp3) is 0.263. The molecule has 3 aromatic rings. The number of H-pyrrole nitrogens is 1. The summed E-state index contributed by atoms with van der Waals surface area (Å²) in [4.78, 5) is 29.3. The first-order valence-corrected chi connectivity index (χ1v) is 8.92. The number of amides is 1. The van der Waals surface area contributed by atoms with Crippen LogP contribution >= 0.6 is 11.6 Å². The number of halogens is 2. The summed E-state index contributed by atoms with van der Waals surface area (Å²) in [5.41, 5.74) is 1.69. The molecule has 0 radical (unpaired) electrons. The van der Waals surface area contributed by atoms with Crippen molar-refractivity contribution in [2.45, 2.75) is 12.6 Å². The molecule has 1 unspecified atom stereocenters. The molecule has 1 amide bonds. The predicted octanol–water partition coefficient (Wildman–Crippen LogP) is 2.72. The van der Waals surface area contributed by atoms with E-state index in [0.717, 1.165) is 0 Å². The smallest absolute Gasteiger partial charge is 0.326 e. The van der Waals surface area contributed by atoms with E-state index in [9.17, 15) is 14.0 Å². The van der Waals surface area contributed by atoms with E-state index in [1.54, 1.807) is 23.1 Å². The Hall–Kier alpha value is -2.64. The molecule has 140 valence electrons. The molecular formula is C19H17ClFN3O3. The van der Waals surface area contributed by atoms with Gasteiger partial charge in [-0.3, -0.25) is 9.36 Å². The van der Waals surface area contributed by atoms with Gasteiger partial charge >= 0.3 is 5.69 Å². The molecule has 2 aromatic carbocycles. The van der Waals surface area contributed by atoms with E-state index in [-0.39, 0.29) is 23.2 Å². The number of aromatic nitrogens is 2. The Balaban J connectivity index is 1.53.